The van der Waals surface area contributed by atoms with Gasteiger partial charge in [-0.05, 0) is 36.2 Å². The molecule has 1 fully saturated rings. The maximum absolute atomic E-state index is 13.6. The zero-order chi connectivity index (χ0) is 20.3. The number of hydrogen-bond donors (Lipinski definition) is 1. The van der Waals surface area contributed by atoms with Gasteiger partial charge in [0.25, 0.3) is 0 Å². The first-order valence-corrected chi connectivity index (χ1v) is 8.40. The van der Waals surface area contributed by atoms with Crippen molar-refractivity contribution in [3.63, 3.8) is 0 Å². The molecule has 0 saturated carbocycles. The molecule has 0 spiro atoms. The largest absolute Gasteiger partial charge is 0.419 e. The first-order chi connectivity index (χ1) is 13.3. The molecule has 3 rings (SSSR count). The molecular formula is C18H15F4N5O. The summed E-state index contributed by atoms with van der Waals surface area (Å²) in [5.41, 5.74) is -0.987. The third kappa shape index (κ3) is 4.54. The van der Waals surface area contributed by atoms with Crippen molar-refractivity contribution in [3.8, 4) is 6.07 Å². The second-order valence-electron chi connectivity index (χ2n) is 6.38. The van der Waals surface area contributed by atoms with E-state index in [1.807, 2.05) is 11.0 Å². The van der Waals surface area contributed by atoms with E-state index < -0.39 is 23.5 Å². The highest BCUT2D eigenvalue weighted by Crippen LogP contribution is 2.31. The summed E-state index contributed by atoms with van der Waals surface area (Å²) in [7, 11) is 0. The summed E-state index contributed by atoms with van der Waals surface area (Å²) < 4.78 is 51.4. The van der Waals surface area contributed by atoms with Crippen LogP contribution in [0.1, 0.15) is 23.2 Å². The SMILES string of the molecule is N#Cc1ccc(N2CCC(NC(=O)Cc3ccc(C(F)(F)F)c(F)c3)C2)nn1. The second-order valence-corrected chi connectivity index (χ2v) is 6.38. The van der Waals surface area contributed by atoms with E-state index in [4.69, 9.17) is 5.26 Å². The Hall–Kier alpha value is -3.22. The van der Waals surface area contributed by atoms with Crippen molar-refractivity contribution in [2.24, 2.45) is 0 Å². The van der Waals surface area contributed by atoms with Crippen LogP contribution in [0, 0.1) is 17.1 Å². The summed E-state index contributed by atoms with van der Waals surface area (Å²) >= 11 is 0. The van der Waals surface area contributed by atoms with Gasteiger partial charge in [0.2, 0.25) is 5.91 Å². The number of hydrogen-bond acceptors (Lipinski definition) is 5. The van der Waals surface area contributed by atoms with E-state index >= 15 is 0 Å². The number of rotatable bonds is 4. The molecule has 1 aliphatic heterocycles. The molecule has 0 aliphatic carbocycles. The smallest absolute Gasteiger partial charge is 0.353 e. The molecular weight excluding hydrogens is 378 g/mol. The van der Waals surface area contributed by atoms with Crippen LogP contribution < -0.4 is 10.2 Å². The number of halogens is 4. The van der Waals surface area contributed by atoms with E-state index in [1.165, 1.54) is 0 Å². The zero-order valence-electron chi connectivity index (χ0n) is 14.5. The number of alkyl halides is 3. The van der Waals surface area contributed by atoms with Crippen molar-refractivity contribution < 1.29 is 22.4 Å². The number of anilines is 1. The lowest BCUT2D eigenvalue weighted by Gasteiger charge is -2.17. The molecule has 1 aromatic heterocycles. The molecule has 2 aromatic rings. The van der Waals surface area contributed by atoms with Gasteiger partial charge in [-0.25, -0.2) is 4.39 Å². The standard InChI is InChI=1S/C18H15F4N5O/c19-15-7-11(1-3-14(15)18(20,21)22)8-17(28)24-13-5-6-27(10-13)16-4-2-12(9-23)25-26-16/h1-4,7,13H,5-6,8,10H2,(H,24,28). The minimum atomic E-state index is -4.77. The topological polar surface area (TPSA) is 81.9 Å². The fourth-order valence-electron chi connectivity index (χ4n) is 3.00. The van der Waals surface area contributed by atoms with Gasteiger partial charge in [0.15, 0.2) is 11.5 Å². The number of carbonyl (C=O) groups is 1. The first kappa shape index (κ1) is 19.5. The lowest BCUT2D eigenvalue weighted by Crippen LogP contribution is -2.38. The quantitative estimate of drug-likeness (QED) is 0.807. The molecule has 1 N–H and O–H groups in total. The number of nitrogens with one attached hydrogen (secondary N) is 1. The number of aromatic nitrogens is 2. The summed E-state index contributed by atoms with van der Waals surface area (Å²) in [6, 6.07) is 7.39. The van der Waals surface area contributed by atoms with Gasteiger partial charge in [-0.3, -0.25) is 4.79 Å². The van der Waals surface area contributed by atoms with Gasteiger partial charge in [0.05, 0.1) is 12.0 Å². The minimum absolute atomic E-state index is 0.163. The van der Waals surface area contributed by atoms with Gasteiger partial charge in [0, 0.05) is 19.1 Å². The van der Waals surface area contributed by atoms with Crippen LogP contribution in [0.4, 0.5) is 23.4 Å². The van der Waals surface area contributed by atoms with Crippen LogP contribution in [0.15, 0.2) is 30.3 Å². The Morgan fingerprint density at radius 2 is 2.07 bits per heavy atom. The number of amides is 1. The molecule has 2 heterocycles. The summed E-state index contributed by atoms with van der Waals surface area (Å²) in [4.78, 5) is 14.0. The lowest BCUT2D eigenvalue weighted by atomic mass is 10.1. The highest BCUT2D eigenvalue weighted by Gasteiger charge is 2.34. The normalized spacial score (nSPS) is 16.7. The predicted molar refractivity (Wildman–Crippen MR) is 90.6 cm³/mol. The average molecular weight is 393 g/mol. The van der Waals surface area contributed by atoms with Crippen LogP contribution in [0.25, 0.3) is 0 Å². The van der Waals surface area contributed by atoms with Crippen LogP contribution >= 0.6 is 0 Å². The number of nitrogens with zero attached hydrogens (tertiary/aromatic N) is 4. The summed E-state index contributed by atoms with van der Waals surface area (Å²) in [6.45, 7) is 1.11. The van der Waals surface area contributed by atoms with Crippen LogP contribution in [0.5, 0.6) is 0 Å². The maximum atomic E-state index is 13.6. The van der Waals surface area contributed by atoms with Crippen molar-refractivity contribution in [1.29, 1.82) is 5.26 Å². The molecule has 0 radical (unpaired) electrons. The monoisotopic (exact) mass is 393 g/mol. The van der Waals surface area contributed by atoms with E-state index in [0.29, 0.717) is 31.4 Å². The van der Waals surface area contributed by atoms with Crippen molar-refractivity contribution in [2.45, 2.75) is 25.1 Å². The molecule has 1 aromatic carbocycles. The summed E-state index contributed by atoms with van der Waals surface area (Å²) in [5.74, 6) is -1.22. The van der Waals surface area contributed by atoms with Gasteiger partial charge < -0.3 is 10.2 Å². The Labute approximate surface area is 157 Å². The molecule has 1 unspecified atom stereocenters. The van der Waals surface area contributed by atoms with Gasteiger partial charge >= 0.3 is 6.18 Å². The van der Waals surface area contributed by atoms with Crippen molar-refractivity contribution in [3.05, 3.63) is 53.0 Å². The average Bonchev–Trinajstić information content (AvgIpc) is 3.09. The maximum Gasteiger partial charge on any atom is 0.419 e. The highest BCUT2D eigenvalue weighted by atomic mass is 19.4. The van der Waals surface area contributed by atoms with Crippen molar-refractivity contribution >= 4 is 11.7 Å². The van der Waals surface area contributed by atoms with Crippen LogP contribution in [-0.2, 0) is 17.4 Å². The van der Waals surface area contributed by atoms with Crippen LogP contribution in [-0.4, -0.2) is 35.2 Å². The number of benzene rings is 1. The third-order valence-corrected chi connectivity index (χ3v) is 4.35. The Morgan fingerprint density at radius 3 is 2.68 bits per heavy atom. The van der Waals surface area contributed by atoms with Crippen molar-refractivity contribution in [2.75, 3.05) is 18.0 Å². The van der Waals surface area contributed by atoms with Crippen LogP contribution in [0.3, 0.4) is 0 Å². The van der Waals surface area contributed by atoms with Gasteiger partial charge in [0.1, 0.15) is 11.9 Å². The van der Waals surface area contributed by atoms with Crippen molar-refractivity contribution in [1.82, 2.24) is 15.5 Å². The highest BCUT2D eigenvalue weighted by molar-refractivity contribution is 5.79. The number of nitriles is 1. The summed E-state index contributed by atoms with van der Waals surface area (Å²) in [5, 5.41) is 19.2. The van der Waals surface area contributed by atoms with Gasteiger partial charge in [-0.15, -0.1) is 10.2 Å². The Bertz CT molecular complexity index is 908. The van der Waals surface area contributed by atoms with E-state index in [-0.39, 0.29) is 23.7 Å². The summed E-state index contributed by atoms with van der Waals surface area (Å²) in [6.07, 6.45) is -4.34. The third-order valence-electron chi connectivity index (χ3n) is 4.35. The van der Waals surface area contributed by atoms with Crippen LogP contribution in [0.2, 0.25) is 0 Å². The predicted octanol–water partition coefficient (Wildman–Crippen LogP) is 2.44. The van der Waals surface area contributed by atoms with E-state index in [9.17, 15) is 22.4 Å². The molecule has 28 heavy (non-hydrogen) atoms. The molecule has 1 amide bonds. The molecule has 1 aliphatic rings. The van der Waals surface area contributed by atoms with E-state index in [0.717, 1.165) is 12.1 Å². The Morgan fingerprint density at radius 1 is 1.29 bits per heavy atom. The Kier molecular flexibility index (Phi) is 5.44. The molecule has 1 saturated heterocycles. The lowest BCUT2D eigenvalue weighted by molar-refractivity contribution is -0.140. The Balaban J connectivity index is 1.55. The van der Waals surface area contributed by atoms with Gasteiger partial charge in [-0.2, -0.15) is 18.4 Å². The molecule has 1 atom stereocenters. The molecule has 6 nitrogen and oxygen atoms in total. The second kappa shape index (κ2) is 7.80. The molecule has 10 heteroatoms. The van der Waals surface area contributed by atoms with E-state index in [1.54, 1.807) is 12.1 Å². The molecule has 0 bridgehead atoms. The first-order valence-electron chi connectivity index (χ1n) is 8.40. The zero-order valence-corrected chi connectivity index (χ0v) is 14.5. The fraction of sp³-hybridized carbons (Fsp3) is 0.333. The van der Waals surface area contributed by atoms with Gasteiger partial charge in [-0.1, -0.05) is 6.07 Å². The number of carbonyl (C=O) groups excluding carboxylic acids is 1. The minimum Gasteiger partial charge on any atom is -0.353 e. The fourth-order valence-corrected chi connectivity index (χ4v) is 3.00. The van der Waals surface area contributed by atoms with E-state index in [2.05, 4.69) is 15.5 Å². The molecule has 146 valence electrons.